The van der Waals surface area contributed by atoms with E-state index in [-0.39, 0.29) is 24.5 Å². The largest absolute Gasteiger partial charge is 0.489 e. The fraction of sp³-hybridized carbons (Fsp3) is 0.650. The monoisotopic (exact) mass is 379 g/mol. The highest BCUT2D eigenvalue weighted by atomic mass is 19.1. The van der Waals surface area contributed by atoms with Crippen molar-refractivity contribution in [3.8, 4) is 5.75 Å². The van der Waals surface area contributed by atoms with Gasteiger partial charge in [0, 0.05) is 26.2 Å². The Morgan fingerprint density at radius 3 is 2.81 bits per heavy atom. The van der Waals surface area contributed by atoms with Crippen LogP contribution in [0, 0.1) is 5.82 Å². The van der Waals surface area contributed by atoms with Crippen LogP contribution >= 0.6 is 0 Å². The Bertz CT molecular complexity index is 596. The van der Waals surface area contributed by atoms with E-state index in [1.165, 1.54) is 25.3 Å². The Balaban J connectivity index is 1.40. The number of piperidine rings is 1. The van der Waals surface area contributed by atoms with Crippen molar-refractivity contribution in [2.75, 3.05) is 52.5 Å². The van der Waals surface area contributed by atoms with Gasteiger partial charge in [-0.1, -0.05) is 18.6 Å². The molecule has 0 aromatic heterocycles. The second-order valence-corrected chi connectivity index (χ2v) is 7.16. The summed E-state index contributed by atoms with van der Waals surface area (Å²) in [5.74, 6) is -0.189. The summed E-state index contributed by atoms with van der Waals surface area (Å²) >= 11 is 0. The Morgan fingerprint density at radius 1 is 1.19 bits per heavy atom. The molecule has 6 nitrogen and oxygen atoms in total. The van der Waals surface area contributed by atoms with Gasteiger partial charge in [-0.25, -0.2) is 9.18 Å². The number of rotatable bonds is 6. The molecule has 3 rings (SSSR count). The molecule has 1 N–H and O–H groups in total. The molecule has 1 atom stereocenters. The lowest BCUT2D eigenvalue weighted by Crippen LogP contribution is -2.47. The number of para-hydroxylation sites is 1. The SMILES string of the molecule is O=C(NCCOc1ccccc1F)N1CCCOC(CN2CCCCC2)C1. The number of carbonyl (C=O) groups is 1. The maximum atomic E-state index is 13.5. The fourth-order valence-electron chi connectivity index (χ4n) is 3.61. The maximum Gasteiger partial charge on any atom is 0.317 e. The molecule has 0 radical (unpaired) electrons. The van der Waals surface area contributed by atoms with Gasteiger partial charge in [-0.2, -0.15) is 0 Å². The minimum atomic E-state index is -0.394. The molecule has 2 aliphatic heterocycles. The van der Waals surface area contributed by atoms with E-state index < -0.39 is 5.82 Å². The normalized spacial score (nSPS) is 21.5. The van der Waals surface area contributed by atoms with Gasteiger partial charge in [0.15, 0.2) is 11.6 Å². The summed E-state index contributed by atoms with van der Waals surface area (Å²) in [5, 5.41) is 2.86. The number of nitrogens with one attached hydrogen (secondary N) is 1. The summed E-state index contributed by atoms with van der Waals surface area (Å²) in [6.07, 6.45) is 4.71. The Kier molecular flexibility index (Phi) is 7.71. The number of hydrogen-bond donors (Lipinski definition) is 1. The van der Waals surface area contributed by atoms with Crippen molar-refractivity contribution in [3.63, 3.8) is 0 Å². The van der Waals surface area contributed by atoms with Crippen LogP contribution in [0.15, 0.2) is 24.3 Å². The second-order valence-electron chi connectivity index (χ2n) is 7.16. The Labute approximate surface area is 160 Å². The van der Waals surface area contributed by atoms with Gasteiger partial charge in [-0.15, -0.1) is 0 Å². The molecule has 2 heterocycles. The molecule has 27 heavy (non-hydrogen) atoms. The highest BCUT2D eigenvalue weighted by molar-refractivity contribution is 5.74. The van der Waals surface area contributed by atoms with Crippen LogP contribution in [0.1, 0.15) is 25.7 Å². The van der Waals surface area contributed by atoms with E-state index in [4.69, 9.17) is 9.47 Å². The summed E-state index contributed by atoms with van der Waals surface area (Å²) in [7, 11) is 0. The third-order valence-corrected chi connectivity index (χ3v) is 5.02. The van der Waals surface area contributed by atoms with Crippen molar-refractivity contribution in [2.24, 2.45) is 0 Å². The van der Waals surface area contributed by atoms with E-state index in [9.17, 15) is 9.18 Å². The van der Waals surface area contributed by atoms with Gasteiger partial charge in [0.05, 0.1) is 12.6 Å². The van der Waals surface area contributed by atoms with E-state index in [0.29, 0.717) is 26.2 Å². The molecule has 2 amide bonds. The van der Waals surface area contributed by atoms with Crippen LogP contribution in [0.3, 0.4) is 0 Å². The van der Waals surface area contributed by atoms with E-state index in [2.05, 4.69) is 10.2 Å². The number of hydrogen-bond acceptors (Lipinski definition) is 4. The highest BCUT2D eigenvalue weighted by Crippen LogP contribution is 2.15. The van der Waals surface area contributed by atoms with Gasteiger partial charge >= 0.3 is 6.03 Å². The fourth-order valence-corrected chi connectivity index (χ4v) is 3.61. The molecule has 150 valence electrons. The quantitative estimate of drug-likeness (QED) is 0.772. The van der Waals surface area contributed by atoms with Crippen molar-refractivity contribution in [1.82, 2.24) is 15.1 Å². The Hall–Kier alpha value is -1.86. The van der Waals surface area contributed by atoms with Crippen molar-refractivity contribution in [3.05, 3.63) is 30.1 Å². The molecule has 0 saturated carbocycles. The Morgan fingerprint density at radius 2 is 2.00 bits per heavy atom. The molecule has 1 unspecified atom stereocenters. The van der Waals surface area contributed by atoms with Gasteiger partial charge in [-0.3, -0.25) is 0 Å². The maximum absolute atomic E-state index is 13.5. The van der Waals surface area contributed by atoms with E-state index >= 15 is 0 Å². The van der Waals surface area contributed by atoms with Gasteiger partial charge in [0.25, 0.3) is 0 Å². The first kappa shape index (κ1) is 19.9. The molecule has 2 saturated heterocycles. The molecule has 7 heteroatoms. The average molecular weight is 379 g/mol. The van der Waals surface area contributed by atoms with Crippen molar-refractivity contribution >= 4 is 6.03 Å². The first-order valence-corrected chi connectivity index (χ1v) is 9.96. The van der Waals surface area contributed by atoms with Crippen molar-refractivity contribution in [2.45, 2.75) is 31.8 Å². The van der Waals surface area contributed by atoms with Crippen molar-refractivity contribution < 1.29 is 18.7 Å². The molecule has 2 fully saturated rings. The number of halogens is 1. The first-order valence-electron chi connectivity index (χ1n) is 9.96. The molecular formula is C20H30FN3O3. The van der Waals surface area contributed by atoms with E-state index in [0.717, 1.165) is 26.1 Å². The lowest BCUT2D eigenvalue weighted by atomic mass is 10.1. The molecule has 1 aromatic carbocycles. The van der Waals surface area contributed by atoms with Crippen molar-refractivity contribution in [1.29, 1.82) is 0 Å². The molecule has 2 aliphatic rings. The van der Waals surface area contributed by atoms with Crippen LogP contribution in [0.5, 0.6) is 5.75 Å². The van der Waals surface area contributed by atoms with Crippen LogP contribution in [0.25, 0.3) is 0 Å². The number of amides is 2. The number of nitrogens with zero attached hydrogens (tertiary/aromatic N) is 2. The van der Waals surface area contributed by atoms with Crippen LogP contribution < -0.4 is 10.1 Å². The summed E-state index contributed by atoms with van der Waals surface area (Å²) in [5.41, 5.74) is 0. The number of carbonyl (C=O) groups excluding carboxylic acids is 1. The number of benzene rings is 1. The lowest BCUT2D eigenvalue weighted by molar-refractivity contribution is 0.0256. The van der Waals surface area contributed by atoms with Crippen LogP contribution in [0.4, 0.5) is 9.18 Å². The van der Waals surface area contributed by atoms with Crippen LogP contribution in [-0.2, 0) is 4.74 Å². The second kappa shape index (κ2) is 10.5. The summed E-state index contributed by atoms with van der Waals surface area (Å²) in [4.78, 5) is 16.7. The zero-order valence-electron chi connectivity index (χ0n) is 15.9. The van der Waals surface area contributed by atoms with Gasteiger partial charge in [0.1, 0.15) is 6.61 Å². The smallest absolute Gasteiger partial charge is 0.317 e. The van der Waals surface area contributed by atoms with E-state index in [1.54, 1.807) is 18.2 Å². The van der Waals surface area contributed by atoms with Gasteiger partial charge in [0.2, 0.25) is 0 Å². The van der Waals surface area contributed by atoms with Gasteiger partial charge < -0.3 is 24.6 Å². The summed E-state index contributed by atoms with van der Waals surface area (Å²) in [6, 6.07) is 6.16. The number of ether oxygens (including phenoxy) is 2. The lowest BCUT2D eigenvalue weighted by Gasteiger charge is -2.31. The molecular weight excluding hydrogens is 349 g/mol. The molecule has 0 spiro atoms. The zero-order chi connectivity index (χ0) is 18.9. The molecule has 0 aliphatic carbocycles. The third kappa shape index (κ3) is 6.36. The minimum absolute atomic E-state index is 0.0611. The van der Waals surface area contributed by atoms with E-state index in [1.807, 2.05) is 4.90 Å². The topological polar surface area (TPSA) is 54.0 Å². The number of likely N-dealkylation sites (tertiary alicyclic amines) is 1. The summed E-state index contributed by atoms with van der Waals surface area (Å²) in [6.45, 7) is 5.69. The van der Waals surface area contributed by atoms with Crippen LogP contribution in [-0.4, -0.2) is 74.4 Å². The molecule has 0 bridgehead atoms. The minimum Gasteiger partial charge on any atom is -0.489 e. The summed E-state index contributed by atoms with van der Waals surface area (Å²) < 4.78 is 24.8. The number of urea groups is 1. The molecule has 1 aromatic rings. The zero-order valence-corrected chi connectivity index (χ0v) is 15.9. The highest BCUT2D eigenvalue weighted by Gasteiger charge is 2.24. The third-order valence-electron chi connectivity index (χ3n) is 5.02. The standard InChI is InChI=1S/C20H30FN3O3/c21-18-7-2-3-8-19(18)27-14-9-22-20(25)24-12-6-13-26-17(16-24)15-23-10-4-1-5-11-23/h2-3,7-8,17H,1,4-6,9-16H2,(H,22,25). The van der Waals surface area contributed by atoms with Crippen LogP contribution in [0.2, 0.25) is 0 Å². The van der Waals surface area contributed by atoms with Gasteiger partial charge in [-0.05, 0) is 44.5 Å². The predicted molar refractivity (Wildman–Crippen MR) is 102 cm³/mol. The predicted octanol–water partition coefficient (Wildman–Crippen LogP) is 2.49. The first-order chi connectivity index (χ1) is 13.2. The average Bonchev–Trinajstić information content (AvgIpc) is 2.93.